The van der Waals surface area contributed by atoms with Crippen LogP contribution >= 0.6 is 0 Å². The van der Waals surface area contributed by atoms with Crippen LogP contribution in [0.1, 0.15) is 82.5 Å². The number of aliphatic hydroxyl groups is 1. The molecule has 0 aromatic heterocycles. The van der Waals surface area contributed by atoms with Gasteiger partial charge in [-0.2, -0.15) is 0 Å². The summed E-state index contributed by atoms with van der Waals surface area (Å²) in [6, 6.07) is 9.20. The quantitative estimate of drug-likeness (QED) is 0.679. The highest BCUT2D eigenvalue weighted by Crippen LogP contribution is 2.75. The predicted octanol–water partition coefficient (Wildman–Crippen LogP) is 5.19. The van der Waals surface area contributed by atoms with Gasteiger partial charge in [0, 0.05) is 24.4 Å². The largest absolute Gasteiger partial charge is 0.458 e. The zero-order valence-corrected chi connectivity index (χ0v) is 19.2. The van der Waals surface area contributed by atoms with E-state index in [1.807, 2.05) is 18.2 Å². The Bertz CT molecular complexity index is 896. The van der Waals surface area contributed by atoms with Crippen molar-refractivity contribution in [1.29, 1.82) is 0 Å². The smallest absolute Gasteiger partial charge is 0.338 e. The van der Waals surface area contributed by atoms with Crippen LogP contribution in [0, 0.1) is 33.5 Å². The number of carbonyl (C=O) groups excluding carboxylic acids is 2. The van der Waals surface area contributed by atoms with Gasteiger partial charge in [0.1, 0.15) is 11.9 Å². The van der Waals surface area contributed by atoms with E-state index in [4.69, 9.17) is 4.74 Å². The summed E-state index contributed by atoms with van der Waals surface area (Å²) < 4.78 is 6.26. The molecule has 0 radical (unpaired) electrons. The number of hydrogen-bond acceptors (Lipinski definition) is 4. The van der Waals surface area contributed by atoms with E-state index in [-0.39, 0.29) is 52.2 Å². The zero-order chi connectivity index (χ0) is 22.1. The van der Waals surface area contributed by atoms with E-state index >= 15 is 0 Å². The van der Waals surface area contributed by atoms with Crippen molar-refractivity contribution in [2.24, 2.45) is 33.5 Å². The van der Waals surface area contributed by atoms with Gasteiger partial charge < -0.3 is 9.84 Å². The Morgan fingerprint density at radius 2 is 1.84 bits per heavy atom. The number of carbonyl (C=O) groups is 2. The maximum Gasteiger partial charge on any atom is 0.338 e. The van der Waals surface area contributed by atoms with Crippen molar-refractivity contribution in [1.82, 2.24) is 0 Å². The Kier molecular flexibility index (Phi) is 4.72. The van der Waals surface area contributed by atoms with Crippen LogP contribution in [0.3, 0.4) is 0 Å². The Morgan fingerprint density at radius 3 is 2.55 bits per heavy atom. The fourth-order valence-electron chi connectivity index (χ4n) is 8.73. The van der Waals surface area contributed by atoms with Crippen molar-refractivity contribution in [2.75, 3.05) is 6.61 Å². The number of fused-ring (bicyclic) bond motifs is 2. The molecule has 4 fully saturated rings. The zero-order valence-electron chi connectivity index (χ0n) is 19.2. The number of aliphatic hydroxyl groups excluding tert-OH is 1. The van der Waals surface area contributed by atoms with Crippen molar-refractivity contribution in [2.45, 2.75) is 78.2 Å². The van der Waals surface area contributed by atoms with Crippen molar-refractivity contribution >= 4 is 11.8 Å². The summed E-state index contributed by atoms with van der Waals surface area (Å²) in [5.41, 5.74) is 0.192. The molecule has 2 bridgehead atoms. The lowest BCUT2D eigenvalue weighted by molar-refractivity contribution is -0.224. The molecule has 4 nitrogen and oxygen atoms in total. The highest BCUT2D eigenvalue weighted by molar-refractivity contribution is 5.89. The third-order valence-corrected chi connectivity index (χ3v) is 10.3. The lowest BCUT2D eigenvalue weighted by Crippen LogP contribution is -2.65. The minimum Gasteiger partial charge on any atom is -0.458 e. The lowest BCUT2D eigenvalue weighted by Gasteiger charge is -2.67. The van der Waals surface area contributed by atoms with E-state index in [9.17, 15) is 14.7 Å². The summed E-state index contributed by atoms with van der Waals surface area (Å²) in [5.74, 6) is 0.499. The van der Waals surface area contributed by atoms with Crippen LogP contribution in [0.5, 0.6) is 0 Å². The molecule has 31 heavy (non-hydrogen) atoms. The van der Waals surface area contributed by atoms with Gasteiger partial charge in [-0.25, -0.2) is 4.79 Å². The van der Waals surface area contributed by atoms with Gasteiger partial charge in [0.05, 0.1) is 5.56 Å². The molecule has 7 atom stereocenters. The molecule has 0 heterocycles. The maximum absolute atomic E-state index is 13.1. The number of esters is 1. The second kappa shape index (κ2) is 6.91. The molecular formula is C27H36O4. The highest BCUT2D eigenvalue weighted by atomic mass is 16.5. The van der Waals surface area contributed by atoms with E-state index in [1.165, 1.54) is 0 Å². The number of Topliss-reactive ketones (excluding diaryl/α,β-unsaturated/α-hetero) is 1. The van der Waals surface area contributed by atoms with Crippen LogP contribution in [0.4, 0.5) is 0 Å². The second-order valence-electron chi connectivity index (χ2n) is 11.8. The molecule has 5 rings (SSSR count). The average Bonchev–Trinajstić information content (AvgIpc) is 3.08. The molecule has 4 saturated carbocycles. The number of hydrogen-bond donors (Lipinski definition) is 1. The molecule has 1 spiro atoms. The maximum atomic E-state index is 13.1. The van der Waals surface area contributed by atoms with Gasteiger partial charge in [-0.05, 0) is 72.8 Å². The molecule has 4 aliphatic carbocycles. The van der Waals surface area contributed by atoms with Crippen molar-refractivity contribution < 1.29 is 19.4 Å². The molecule has 1 aromatic carbocycles. The first-order chi connectivity index (χ1) is 14.7. The molecule has 1 aromatic rings. The van der Waals surface area contributed by atoms with Crippen LogP contribution in [-0.4, -0.2) is 29.6 Å². The lowest BCUT2D eigenvalue weighted by atomic mass is 9.37. The van der Waals surface area contributed by atoms with Gasteiger partial charge in [-0.1, -0.05) is 45.4 Å². The summed E-state index contributed by atoms with van der Waals surface area (Å²) >= 11 is 0. The third-order valence-electron chi connectivity index (χ3n) is 10.3. The third kappa shape index (κ3) is 2.83. The Balaban J connectivity index is 1.57. The normalized spacial score (nSPS) is 46.2. The summed E-state index contributed by atoms with van der Waals surface area (Å²) in [5, 5.41) is 10.5. The topological polar surface area (TPSA) is 63.6 Å². The molecule has 168 valence electrons. The van der Waals surface area contributed by atoms with Crippen molar-refractivity contribution in [3.8, 4) is 0 Å². The van der Waals surface area contributed by atoms with E-state index in [2.05, 4.69) is 20.8 Å². The van der Waals surface area contributed by atoms with E-state index < -0.39 is 0 Å². The number of benzene rings is 1. The van der Waals surface area contributed by atoms with Crippen LogP contribution in [0.25, 0.3) is 0 Å². The van der Waals surface area contributed by atoms with Gasteiger partial charge in [-0.15, -0.1) is 0 Å². The number of rotatable bonds is 3. The van der Waals surface area contributed by atoms with Crippen LogP contribution in [0.15, 0.2) is 30.3 Å². The highest BCUT2D eigenvalue weighted by Gasteiger charge is 2.72. The Hall–Kier alpha value is -1.68. The second-order valence-corrected chi connectivity index (χ2v) is 11.8. The first-order valence-corrected chi connectivity index (χ1v) is 12.1. The molecule has 0 saturated heterocycles. The van der Waals surface area contributed by atoms with Crippen LogP contribution < -0.4 is 0 Å². The molecule has 1 N–H and O–H groups in total. The summed E-state index contributed by atoms with van der Waals surface area (Å²) in [6.07, 6.45) is 7.28. The van der Waals surface area contributed by atoms with Gasteiger partial charge in [0.25, 0.3) is 0 Å². The van der Waals surface area contributed by atoms with Crippen LogP contribution in [0.2, 0.25) is 0 Å². The number of ether oxygens (including phenoxy) is 1. The average molecular weight is 425 g/mol. The fourth-order valence-corrected chi connectivity index (χ4v) is 8.73. The monoisotopic (exact) mass is 424 g/mol. The van der Waals surface area contributed by atoms with Gasteiger partial charge in [0.15, 0.2) is 0 Å². The van der Waals surface area contributed by atoms with E-state index in [1.54, 1.807) is 12.1 Å². The molecule has 4 heteroatoms. The van der Waals surface area contributed by atoms with Crippen molar-refractivity contribution in [3.63, 3.8) is 0 Å². The minimum absolute atomic E-state index is 0.0360. The minimum atomic E-state index is -0.284. The molecule has 4 aliphatic rings. The van der Waals surface area contributed by atoms with E-state index in [0.717, 1.165) is 44.9 Å². The SMILES string of the molecule is C[C@]12CC[C@]3(C1)[C@H](CC2=O)C[C@@H](OC(=O)c1ccccc1)C1[C@](C)(CO)CCC[C@@]13C. The Labute approximate surface area is 185 Å². The summed E-state index contributed by atoms with van der Waals surface area (Å²) in [7, 11) is 0. The van der Waals surface area contributed by atoms with Crippen LogP contribution in [-0.2, 0) is 9.53 Å². The van der Waals surface area contributed by atoms with Gasteiger partial charge in [0.2, 0.25) is 0 Å². The van der Waals surface area contributed by atoms with E-state index in [0.29, 0.717) is 17.8 Å². The predicted molar refractivity (Wildman–Crippen MR) is 118 cm³/mol. The standard InChI is InChI=1S/C27H36O4/c1-24-12-13-27(16-24)19(15-21(24)29)14-20(31-23(30)18-8-5-4-6-9-18)22-25(2,17-28)10-7-11-26(22,27)3/h4-6,8-9,19-20,22,28H,7,10-17H2,1-3H3/t19-,20+,22?,24-,25-,26-,27-/m0/s1. The van der Waals surface area contributed by atoms with Gasteiger partial charge >= 0.3 is 5.97 Å². The first-order valence-electron chi connectivity index (χ1n) is 12.1. The molecule has 0 aliphatic heterocycles. The Morgan fingerprint density at radius 1 is 1.10 bits per heavy atom. The van der Waals surface area contributed by atoms with Crippen molar-refractivity contribution in [3.05, 3.63) is 35.9 Å². The molecular weight excluding hydrogens is 388 g/mol. The van der Waals surface area contributed by atoms with Gasteiger partial charge in [-0.3, -0.25) is 4.79 Å². The summed E-state index contributed by atoms with van der Waals surface area (Å²) in [6.45, 7) is 6.89. The summed E-state index contributed by atoms with van der Waals surface area (Å²) in [4.78, 5) is 26.1. The first kappa shape index (κ1) is 21.2. The molecule has 1 unspecified atom stereocenters. The number of ketones is 1. The fraction of sp³-hybridized carbons (Fsp3) is 0.704. The molecule has 0 amide bonds.